The minimum atomic E-state index is -3.88. The Morgan fingerprint density at radius 3 is 2.53 bits per heavy atom. The minimum absolute atomic E-state index is 0.0139. The smallest absolute Gasteiger partial charge is 0.340 e. The maximum absolute atomic E-state index is 12.5. The Morgan fingerprint density at radius 2 is 1.81 bits per heavy atom. The molecule has 9 heteroatoms. The van der Waals surface area contributed by atoms with Gasteiger partial charge in [-0.2, -0.15) is 5.10 Å². The van der Waals surface area contributed by atoms with Crippen molar-refractivity contribution in [2.24, 2.45) is 10.2 Å². The SMILES string of the molecule is Cc1cccc(/C=N/NC(=O)Nc2[nH]c3ccc(S(N)(=O)=O)cc3c2-c2ccccc2)c1. The molecule has 3 aromatic carbocycles. The quantitative estimate of drug-likeness (QED) is 0.273. The van der Waals surface area contributed by atoms with E-state index in [1.54, 1.807) is 12.3 Å². The highest BCUT2D eigenvalue weighted by molar-refractivity contribution is 7.89. The minimum Gasteiger partial charge on any atom is -0.341 e. The number of carbonyl (C=O) groups is 1. The first kappa shape index (κ1) is 21.3. The molecule has 0 atom stereocenters. The molecule has 0 spiro atoms. The van der Waals surface area contributed by atoms with Crippen molar-refractivity contribution in [1.29, 1.82) is 0 Å². The van der Waals surface area contributed by atoms with Gasteiger partial charge >= 0.3 is 6.03 Å². The molecule has 0 fully saturated rings. The van der Waals surface area contributed by atoms with Crippen molar-refractivity contribution in [3.8, 4) is 11.1 Å². The van der Waals surface area contributed by atoms with Crippen LogP contribution in [0.4, 0.5) is 10.6 Å². The Kier molecular flexibility index (Phi) is 5.76. The van der Waals surface area contributed by atoms with Gasteiger partial charge in [0.25, 0.3) is 0 Å². The molecule has 1 aromatic heterocycles. The molecule has 32 heavy (non-hydrogen) atoms. The molecule has 0 saturated carbocycles. The van der Waals surface area contributed by atoms with Gasteiger partial charge in [-0.3, -0.25) is 5.32 Å². The third-order valence-corrected chi connectivity index (χ3v) is 5.73. The Bertz CT molecular complexity index is 1430. The number of hydrogen-bond acceptors (Lipinski definition) is 4. The van der Waals surface area contributed by atoms with Gasteiger partial charge in [0.05, 0.1) is 11.1 Å². The summed E-state index contributed by atoms with van der Waals surface area (Å²) in [5, 5.41) is 12.7. The molecular formula is C23H21N5O3S. The van der Waals surface area contributed by atoms with Crippen LogP contribution in [0, 0.1) is 6.92 Å². The number of nitrogens with zero attached hydrogens (tertiary/aromatic N) is 1. The van der Waals surface area contributed by atoms with Gasteiger partial charge in [0.15, 0.2) is 0 Å². The molecule has 4 rings (SSSR count). The maximum atomic E-state index is 12.5. The number of fused-ring (bicyclic) bond motifs is 1. The van der Waals surface area contributed by atoms with Crippen molar-refractivity contribution in [1.82, 2.24) is 10.4 Å². The summed E-state index contributed by atoms with van der Waals surface area (Å²) in [4.78, 5) is 15.6. The largest absolute Gasteiger partial charge is 0.341 e. The van der Waals surface area contributed by atoms with E-state index in [1.165, 1.54) is 12.1 Å². The molecule has 0 aliphatic heterocycles. The molecule has 4 aromatic rings. The number of anilines is 1. The number of rotatable bonds is 5. The normalized spacial score (nSPS) is 11.7. The lowest BCUT2D eigenvalue weighted by atomic mass is 10.0. The molecule has 0 unspecified atom stereocenters. The fourth-order valence-corrected chi connectivity index (χ4v) is 3.94. The number of primary sulfonamides is 1. The number of H-pyrrole nitrogens is 1. The Hall–Kier alpha value is -3.95. The van der Waals surface area contributed by atoms with Crippen LogP contribution in [0.2, 0.25) is 0 Å². The van der Waals surface area contributed by atoms with Crippen LogP contribution < -0.4 is 15.9 Å². The van der Waals surface area contributed by atoms with Crippen LogP contribution in [0.3, 0.4) is 0 Å². The molecular weight excluding hydrogens is 426 g/mol. The molecule has 1 heterocycles. The van der Waals surface area contributed by atoms with E-state index in [0.717, 1.165) is 16.7 Å². The van der Waals surface area contributed by atoms with Gasteiger partial charge in [-0.05, 0) is 36.2 Å². The average Bonchev–Trinajstić information content (AvgIpc) is 3.10. The van der Waals surface area contributed by atoms with Crippen LogP contribution in [0.5, 0.6) is 0 Å². The Balaban J connectivity index is 1.66. The maximum Gasteiger partial charge on any atom is 0.340 e. The van der Waals surface area contributed by atoms with Crippen molar-refractivity contribution in [3.05, 3.63) is 83.9 Å². The highest BCUT2D eigenvalue weighted by Crippen LogP contribution is 2.36. The fraction of sp³-hybridized carbons (Fsp3) is 0.0435. The van der Waals surface area contributed by atoms with Gasteiger partial charge in [-0.25, -0.2) is 23.8 Å². The number of aromatic nitrogens is 1. The monoisotopic (exact) mass is 447 g/mol. The zero-order valence-corrected chi connectivity index (χ0v) is 18.0. The van der Waals surface area contributed by atoms with Gasteiger partial charge in [-0.1, -0.05) is 60.2 Å². The molecule has 8 nitrogen and oxygen atoms in total. The van der Waals surface area contributed by atoms with E-state index < -0.39 is 16.1 Å². The van der Waals surface area contributed by atoms with E-state index in [-0.39, 0.29) is 4.90 Å². The predicted molar refractivity (Wildman–Crippen MR) is 126 cm³/mol. The number of nitrogens with one attached hydrogen (secondary N) is 3. The van der Waals surface area contributed by atoms with E-state index >= 15 is 0 Å². The van der Waals surface area contributed by atoms with Crippen LogP contribution in [0.1, 0.15) is 11.1 Å². The summed E-state index contributed by atoms with van der Waals surface area (Å²) in [5.74, 6) is 0.404. The highest BCUT2D eigenvalue weighted by atomic mass is 32.2. The number of aryl methyl sites for hydroxylation is 1. The number of hydrazone groups is 1. The molecule has 162 valence electrons. The summed E-state index contributed by atoms with van der Waals surface area (Å²) in [6.07, 6.45) is 1.55. The zero-order chi connectivity index (χ0) is 22.7. The summed E-state index contributed by atoms with van der Waals surface area (Å²) < 4.78 is 23.7. The lowest BCUT2D eigenvalue weighted by molar-refractivity contribution is 0.252. The summed E-state index contributed by atoms with van der Waals surface area (Å²) in [5.41, 5.74) is 6.47. The fourth-order valence-electron chi connectivity index (χ4n) is 3.40. The topological polar surface area (TPSA) is 129 Å². The molecule has 0 aliphatic carbocycles. The number of aromatic amines is 1. The first-order valence-corrected chi connectivity index (χ1v) is 11.3. The van der Waals surface area contributed by atoms with Crippen LogP contribution in [-0.2, 0) is 10.0 Å². The number of carbonyl (C=O) groups excluding carboxylic acids is 1. The molecule has 0 saturated heterocycles. The van der Waals surface area contributed by atoms with E-state index in [1.807, 2.05) is 61.5 Å². The van der Waals surface area contributed by atoms with Crippen molar-refractivity contribution in [3.63, 3.8) is 0 Å². The van der Waals surface area contributed by atoms with Crippen molar-refractivity contribution in [2.45, 2.75) is 11.8 Å². The van der Waals surface area contributed by atoms with Crippen LogP contribution in [0.25, 0.3) is 22.0 Å². The Labute approximate surface area is 185 Å². The second-order valence-electron chi connectivity index (χ2n) is 7.23. The number of amides is 2. The number of benzene rings is 3. The van der Waals surface area contributed by atoms with Gasteiger partial charge in [0.2, 0.25) is 10.0 Å². The van der Waals surface area contributed by atoms with Crippen LogP contribution in [0.15, 0.2) is 82.8 Å². The van der Waals surface area contributed by atoms with Gasteiger partial charge < -0.3 is 4.98 Å². The average molecular weight is 448 g/mol. The summed E-state index contributed by atoms with van der Waals surface area (Å²) >= 11 is 0. The third kappa shape index (κ3) is 4.69. The molecule has 0 aliphatic rings. The first-order valence-electron chi connectivity index (χ1n) is 9.72. The summed E-state index contributed by atoms with van der Waals surface area (Å²) in [7, 11) is -3.88. The first-order chi connectivity index (χ1) is 15.3. The van der Waals surface area contributed by atoms with Gasteiger partial charge in [0, 0.05) is 16.5 Å². The molecule has 2 amide bonds. The van der Waals surface area contributed by atoms with E-state index in [0.29, 0.717) is 22.3 Å². The van der Waals surface area contributed by atoms with Crippen LogP contribution in [-0.4, -0.2) is 25.6 Å². The van der Waals surface area contributed by atoms with E-state index in [9.17, 15) is 13.2 Å². The van der Waals surface area contributed by atoms with Gasteiger partial charge in [-0.15, -0.1) is 0 Å². The second-order valence-corrected chi connectivity index (χ2v) is 8.79. The summed E-state index contributed by atoms with van der Waals surface area (Å²) in [6.45, 7) is 1.97. The van der Waals surface area contributed by atoms with Crippen molar-refractivity contribution in [2.75, 3.05) is 5.32 Å². The lowest BCUT2D eigenvalue weighted by Crippen LogP contribution is -2.24. The number of nitrogens with two attached hydrogens (primary N) is 1. The second kappa shape index (κ2) is 8.66. The van der Waals surface area contributed by atoms with E-state index in [4.69, 9.17) is 5.14 Å². The number of urea groups is 1. The van der Waals surface area contributed by atoms with E-state index in [2.05, 4.69) is 20.8 Å². The molecule has 0 bridgehead atoms. The van der Waals surface area contributed by atoms with Crippen molar-refractivity contribution < 1.29 is 13.2 Å². The number of hydrogen-bond donors (Lipinski definition) is 4. The standard InChI is InChI=1S/C23H21N5O3S/c1-15-6-5-7-16(12-15)14-25-28-23(29)27-22-21(17-8-3-2-4-9-17)19-13-18(32(24,30)31)10-11-20(19)26-22/h2-14,26H,1H3,(H2,24,30,31)(H2,27,28,29)/b25-14+. The highest BCUT2D eigenvalue weighted by Gasteiger charge is 2.18. The molecule has 5 N–H and O–H groups in total. The van der Waals surface area contributed by atoms with Crippen molar-refractivity contribution >= 4 is 39.0 Å². The lowest BCUT2D eigenvalue weighted by Gasteiger charge is -2.07. The van der Waals surface area contributed by atoms with Crippen LogP contribution >= 0.6 is 0 Å². The third-order valence-electron chi connectivity index (χ3n) is 4.82. The zero-order valence-electron chi connectivity index (χ0n) is 17.2. The molecule has 0 radical (unpaired) electrons. The predicted octanol–water partition coefficient (Wildman–Crippen LogP) is 3.95. The number of sulfonamides is 1. The summed E-state index contributed by atoms with van der Waals surface area (Å²) in [6, 6.07) is 21.0. The van der Waals surface area contributed by atoms with Gasteiger partial charge in [0.1, 0.15) is 5.82 Å². The Morgan fingerprint density at radius 1 is 1.03 bits per heavy atom.